The minimum Gasteiger partial charge on any atom is -0.403 e. The average molecular weight is 259 g/mol. The molecule has 0 atom stereocenters. The molecule has 1 rings (SSSR count). The molecular weight excluding hydrogens is 256 g/mol. The predicted molar refractivity (Wildman–Crippen MR) is 48.3 cm³/mol. The molecule has 15 heavy (non-hydrogen) atoms. The first kappa shape index (κ1) is 12.1. The third-order valence-corrected chi connectivity index (χ3v) is 1.90. The zero-order chi connectivity index (χ0) is 11.6. The summed E-state index contributed by atoms with van der Waals surface area (Å²) in [7, 11) is 0. The molecule has 0 saturated carbocycles. The molecule has 0 aromatic heterocycles. The van der Waals surface area contributed by atoms with Crippen LogP contribution < -0.4 is 4.74 Å². The van der Waals surface area contributed by atoms with Gasteiger partial charge in [0.1, 0.15) is 0 Å². The molecule has 2 nitrogen and oxygen atoms in total. The number of halogens is 5. The topological polar surface area (TPSA) is 26.3 Å². The van der Waals surface area contributed by atoms with Crippen LogP contribution in [0.15, 0.2) is 18.2 Å². The molecule has 0 spiro atoms. The van der Waals surface area contributed by atoms with E-state index in [0.29, 0.717) is 0 Å². The molecule has 0 unspecified atom stereocenters. The van der Waals surface area contributed by atoms with Gasteiger partial charge in [-0.05, 0) is 23.7 Å². The lowest BCUT2D eigenvalue weighted by molar-refractivity contribution is -0.274. The summed E-state index contributed by atoms with van der Waals surface area (Å²) in [5.41, 5.74) is -0.429. The molecule has 1 aromatic carbocycles. The van der Waals surface area contributed by atoms with E-state index < -0.39 is 22.9 Å². The zero-order valence-corrected chi connectivity index (χ0v) is 8.45. The van der Waals surface area contributed by atoms with Gasteiger partial charge in [-0.2, -0.15) is 0 Å². The lowest BCUT2D eigenvalue weighted by atomic mass is 10.2. The van der Waals surface area contributed by atoms with Crippen LogP contribution in [0.5, 0.6) is 5.75 Å². The van der Waals surface area contributed by atoms with E-state index in [1.165, 1.54) is 6.07 Å². The maximum Gasteiger partial charge on any atom is 0.573 e. The van der Waals surface area contributed by atoms with Crippen LogP contribution in [-0.2, 0) is 0 Å². The molecule has 0 amide bonds. The summed E-state index contributed by atoms with van der Waals surface area (Å²) in [6.45, 7) is 0. The van der Waals surface area contributed by atoms with Gasteiger partial charge < -0.3 is 4.74 Å². The highest BCUT2D eigenvalue weighted by Crippen LogP contribution is 2.34. The van der Waals surface area contributed by atoms with Crippen LogP contribution in [0.3, 0.4) is 0 Å². The van der Waals surface area contributed by atoms with Gasteiger partial charge in [0.25, 0.3) is 5.24 Å². The van der Waals surface area contributed by atoms with Gasteiger partial charge in [0, 0.05) is 0 Å². The van der Waals surface area contributed by atoms with Crippen molar-refractivity contribution < 1.29 is 22.7 Å². The SMILES string of the molecule is O=C(Cl)c1cccc(Cl)c1OC(F)(F)F. The fourth-order valence-corrected chi connectivity index (χ4v) is 1.25. The van der Waals surface area contributed by atoms with Crippen LogP contribution in [0.25, 0.3) is 0 Å². The number of para-hydroxylation sites is 1. The number of benzene rings is 1. The molecule has 1 aromatic rings. The van der Waals surface area contributed by atoms with Crippen molar-refractivity contribution in [2.45, 2.75) is 6.36 Å². The fraction of sp³-hybridized carbons (Fsp3) is 0.125. The number of carbonyl (C=O) groups is 1. The highest BCUT2D eigenvalue weighted by molar-refractivity contribution is 6.68. The minimum atomic E-state index is -4.92. The minimum absolute atomic E-state index is 0.334. The highest BCUT2D eigenvalue weighted by Gasteiger charge is 2.33. The Kier molecular flexibility index (Phi) is 3.46. The van der Waals surface area contributed by atoms with Gasteiger partial charge in [-0.1, -0.05) is 17.7 Å². The summed E-state index contributed by atoms with van der Waals surface area (Å²) in [6, 6.07) is 3.54. The van der Waals surface area contributed by atoms with Crippen LogP contribution in [0.2, 0.25) is 5.02 Å². The quantitative estimate of drug-likeness (QED) is 0.758. The molecule has 0 bridgehead atoms. The van der Waals surface area contributed by atoms with E-state index in [4.69, 9.17) is 23.2 Å². The summed E-state index contributed by atoms with van der Waals surface area (Å²) in [5, 5.41) is -1.41. The predicted octanol–water partition coefficient (Wildman–Crippen LogP) is 3.62. The maximum atomic E-state index is 11.9. The van der Waals surface area contributed by atoms with Crippen LogP contribution in [-0.4, -0.2) is 11.6 Å². The van der Waals surface area contributed by atoms with Crippen molar-refractivity contribution in [2.75, 3.05) is 0 Å². The Balaban J connectivity index is 3.19. The van der Waals surface area contributed by atoms with Crippen molar-refractivity contribution >= 4 is 28.4 Å². The van der Waals surface area contributed by atoms with Crippen molar-refractivity contribution in [3.05, 3.63) is 28.8 Å². The van der Waals surface area contributed by atoms with E-state index in [0.717, 1.165) is 12.1 Å². The summed E-state index contributed by atoms with van der Waals surface area (Å²) in [6.07, 6.45) is -4.92. The Hall–Kier alpha value is -0.940. The molecule has 0 aliphatic rings. The molecular formula is C8H3Cl2F3O2. The van der Waals surface area contributed by atoms with Crippen molar-refractivity contribution in [1.82, 2.24) is 0 Å². The number of hydrogen-bond donors (Lipinski definition) is 0. The molecule has 0 aliphatic carbocycles. The first-order valence-electron chi connectivity index (χ1n) is 3.55. The van der Waals surface area contributed by atoms with Gasteiger partial charge in [0.15, 0.2) is 5.75 Å². The normalized spacial score (nSPS) is 11.3. The Bertz CT molecular complexity index is 390. The third-order valence-electron chi connectivity index (χ3n) is 1.40. The third kappa shape index (κ3) is 3.28. The second kappa shape index (κ2) is 4.28. The zero-order valence-electron chi connectivity index (χ0n) is 6.94. The number of alkyl halides is 3. The van der Waals surface area contributed by atoms with Crippen molar-refractivity contribution in [3.63, 3.8) is 0 Å². The van der Waals surface area contributed by atoms with E-state index in [2.05, 4.69) is 4.74 Å². The van der Waals surface area contributed by atoms with Gasteiger partial charge in [-0.15, -0.1) is 13.2 Å². The standard InChI is InChI=1S/C8H3Cl2F3O2/c9-5-3-1-2-4(7(10)14)6(5)15-8(11,12)13/h1-3H. The molecule has 82 valence electrons. The molecule has 0 fully saturated rings. The smallest absolute Gasteiger partial charge is 0.403 e. The van der Waals surface area contributed by atoms with Crippen LogP contribution in [0, 0.1) is 0 Å². The largest absolute Gasteiger partial charge is 0.573 e. The van der Waals surface area contributed by atoms with Gasteiger partial charge in [0.2, 0.25) is 0 Å². The fourth-order valence-electron chi connectivity index (χ4n) is 0.883. The van der Waals surface area contributed by atoms with Crippen LogP contribution in [0.4, 0.5) is 13.2 Å². The van der Waals surface area contributed by atoms with E-state index in [-0.39, 0.29) is 5.02 Å². The lowest BCUT2D eigenvalue weighted by Gasteiger charge is -2.12. The Morgan fingerprint density at radius 2 is 1.93 bits per heavy atom. The Labute approximate surface area is 92.5 Å². The number of rotatable bonds is 2. The van der Waals surface area contributed by atoms with E-state index >= 15 is 0 Å². The van der Waals surface area contributed by atoms with E-state index in [1.807, 2.05) is 0 Å². The highest BCUT2D eigenvalue weighted by atomic mass is 35.5. The monoisotopic (exact) mass is 258 g/mol. The first-order valence-corrected chi connectivity index (χ1v) is 4.31. The second-order valence-electron chi connectivity index (χ2n) is 2.44. The van der Waals surface area contributed by atoms with Gasteiger partial charge in [0.05, 0.1) is 10.6 Å². The second-order valence-corrected chi connectivity index (χ2v) is 3.19. The van der Waals surface area contributed by atoms with Crippen molar-refractivity contribution in [1.29, 1.82) is 0 Å². The summed E-state index contributed by atoms with van der Waals surface area (Å²) in [4.78, 5) is 10.8. The number of carbonyl (C=O) groups excluding carboxylic acids is 1. The summed E-state index contributed by atoms with van der Waals surface area (Å²) < 4.78 is 39.4. The summed E-state index contributed by atoms with van der Waals surface area (Å²) >= 11 is 10.5. The van der Waals surface area contributed by atoms with E-state index in [1.54, 1.807) is 0 Å². The maximum absolute atomic E-state index is 11.9. The van der Waals surface area contributed by atoms with Gasteiger partial charge in [-0.25, -0.2) is 0 Å². The molecule has 0 saturated heterocycles. The molecule has 0 aliphatic heterocycles. The molecule has 7 heteroatoms. The number of hydrogen-bond acceptors (Lipinski definition) is 2. The average Bonchev–Trinajstić information content (AvgIpc) is 2.05. The molecule has 0 heterocycles. The van der Waals surface area contributed by atoms with Crippen LogP contribution >= 0.6 is 23.2 Å². The van der Waals surface area contributed by atoms with Gasteiger partial charge in [-0.3, -0.25) is 4.79 Å². The van der Waals surface area contributed by atoms with Crippen molar-refractivity contribution in [3.8, 4) is 5.75 Å². The number of ether oxygens (including phenoxy) is 1. The van der Waals surface area contributed by atoms with Crippen LogP contribution in [0.1, 0.15) is 10.4 Å². The molecule has 0 radical (unpaired) electrons. The van der Waals surface area contributed by atoms with E-state index in [9.17, 15) is 18.0 Å². The summed E-state index contributed by atoms with van der Waals surface area (Å²) in [5.74, 6) is -0.785. The van der Waals surface area contributed by atoms with Crippen molar-refractivity contribution in [2.24, 2.45) is 0 Å². The first-order chi connectivity index (χ1) is 6.81. The molecule has 0 N–H and O–H groups in total. The Morgan fingerprint density at radius 1 is 1.33 bits per heavy atom. The lowest BCUT2D eigenvalue weighted by Crippen LogP contribution is -2.18. The van der Waals surface area contributed by atoms with Gasteiger partial charge >= 0.3 is 6.36 Å². The Morgan fingerprint density at radius 3 is 2.40 bits per heavy atom.